The van der Waals surface area contributed by atoms with Crippen molar-refractivity contribution in [1.82, 2.24) is 0 Å². The molecule has 0 rings (SSSR count). The second-order valence-electron chi connectivity index (χ2n) is 12.9. The van der Waals surface area contributed by atoms with Gasteiger partial charge in [0, 0.05) is 12.8 Å². The second kappa shape index (κ2) is 32.2. The van der Waals surface area contributed by atoms with Gasteiger partial charge in [-0.05, 0) is 58.3 Å². The Balaban J connectivity index is 4.39. The molecule has 2 N–H and O–H groups in total. The maximum absolute atomic E-state index is 13.2. The van der Waals surface area contributed by atoms with Crippen molar-refractivity contribution >= 4 is 17.5 Å². The molecule has 0 aromatic carbocycles. The van der Waals surface area contributed by atoms with Crippen LogP contribution >= 0.6 is 0 Å². The summed E-state index contributed by atoms with van der Waals surface area (Å²) in [5.74, 6) is -2.12. The number of aliphatic hydroxyl groups is 2. The Kier molecular flexibility index (Phi) is 30.7. The van der Waals surface area contributed by atoms with Gasteiger partial charge >= 0.3 is 5.97 Å². The Bertz CT molecular complexity index is 902. The number of aliphatic hydroxyl groups excluding tert-OH is 2. The van der Waals surface area contributed by atoms with Crippen molar-refractivity contribution in [3.63, 3.8) is 0 Å². The molecule has 0 aromatic rings. The fourth-order valence-corrected chi connectivity index (χ4v) is 5.59. The van der Waals surface area contributed by atoms with Crippen LogP contribution in [0.2, 0.25) is 0 Å². The van der Waals surface area contributed by atoms with Crippen molar-refractivity contribution in [2.24, 2.45) is 0 Å². The lowest BCUT2D eigenvalue weighted by atomic mass is 9.85. The molecular weight excluding hydrogens is 588 g/mol. The third-order valence-electron chi connectivity index (χ3n) is 8.57. The summed E-state index contributed by atoms with van der Waals surface area (Å²) in [6.45, 7) is 4.73. The molecule has 0 spiro atoms. The first-order valence-electron chi connectivity index (χ1n) is 19.0. The second-order valence-corrected chi connectivity index (χ2v) is 12.9. The summed E-state index contributed by atoms with van der Waals surface area (Å²) in [4.78, 5) is 38.5. The van der Waals surface area contributed by atoms with E-state index in [0.717, 1.165) is 51.9 Å². The van der Waals surface area contributed by atoms with E-state index < -0.39 is 35.8 Å². The molecule has 6 heteroatoms. The highest BCUT2D eigenvalue weighted by Crippen LogP contribution is 2.25. The summed E-state index contributed by atoms with van der Waals surface area (Å²) < 4.78 is 5.42. The first kappa shape index (κ1) is 44.7. The zero-order valence-corrected chi connectivity index (χ0v) is 30.4. The van der Waals surface area contributed by atoms with E-state index in [9.17, 15) is 24.6 Å². The van der Waals surface area contributed by atoms with E-state index in [2.05, 4.69) is 50.3 Å². The number of allylic oxidation sites excluding steroid dienone is 8. The Labute approximate surface area is 288 Å². The normalized spacial score (nSPS) is 14.1. The van der Waals surface area contributed by atoms with Crippen molar-refractivity contribution in [3.8, 4) is 0 Å². The van der Waals surface area contributed by atoms with E-state index >= 15 is 0 Å². The van der Waals surface area contributed by atoms with Crippen LogP contribution in [0.4, 0.5) is 0 Å². The predicted molar refractivity (Wildman–Crippen MR) is 196 cm³/mol. The molecule has 0 saturated carbocycles. The van der Waals surface area contributed by atoms with Gasteiger partial charge < -0.3 is 14.9 Å². The third-order valence-corrected chi connectivity index (χ3v) is 8.57. The molecular formula is C41H70O6. The average Bonchev–Trinajstić information content (AvgIpc) is 3.06. The van der Waals surface area contributed by atoms with Gasteiger partial charge in [0.05, 0.1) is 6.61 Å². The van der Waals surface area contributed by atoms with Crippen LogP contribution in [0.15, 0.2) is 48.6 Å². The largest absolute Gasteiger partial charge is 0.440 e. The highest BCUT2D eigenvalue weighted by Gasteiger charge is 2.52. The molecule has 0 radical (unpaired) electrons. The predicted octanol–water partition coefficient (Wildman–Crippen LogP) is 10.4. The van der Waals surface area contributed by atoms with Crippen LogP contribution in [-0.4, -0.2) is 46.1 Å². The van der Waals surface area contributed by atoms with Crippen LogP contribution in [0, 0.1) is 0 Å². The summed E-state index contributed by atoms with van der Waals surface area (Å²) in [7, 11) is 0. The van der Waals surface area contributed by atoms with E-state index in [1.54, 1.807) is 0 Å². The fourth-order valence-electron chi connectivity index (χ4n) is 5.59. The molecule has 0 bridgehead atoms. The van der Waals surface area contributed by atoms with Crippen molar-refractivity contribution in [2.75, 3.05) is 6.61 Å². The maximum Gasteiger partial charge on any atom is 0.307 e. The number of hydrogen-bond acceptors (Lipinski definition) is 6. The van der Waals surface area contributed by atoms with Crippen LogP contribution in [0.25, 0.3) is 0 Å². The summed E-state index contributed by atoms with van der Waals surface area (Å²) >= 11 is 0. The molecule has 6 nitrogen and oxygen atoms in total. The van der Waals surface area contributed by atoms with Gasteiger partial charge in [0.1, 0.15) is 6.10 Å². The fraction of sp³-hybridized carbons (Fsp3) is 0.732. The number of carbonyl (C=O) groups excluding carboxylic acids is 3. The Hall–Kier alpha value is -2.31. The van der Waals surface area contributed by atoms with Crippen LogP contribution in [0.3, 0.4) is 0 Å². The van der Waals surface area contributed by atoms with Crippen LogP contribution in [-0.2, 0) is 19.1 Å². The minimum Gasteiger partial charge on any atom is -0.440 e. The van der Waals surface area contributed by atoms with Gasteiger partial charge in [-0.25, -0.2) is 0 Å². The number of rotatable bonds is 33. The van der Waals surface area contributed by atoms with Gasteiger partial charge in [-0.15, -0.1) is 0 Å². The van der Waals surface area contributed by atoms with Crippen LogP contribution in [0.1, 0.15) is 175 Å². The minimum atomic E-state index is -2.35. The molecule has 0 fully saturated rings. The Morgan fingerprint density at radius 2 is 0.979 bits per heavy atom. The van der Waals surface area contributed by atoms with Gasteiger partial charge in [0.15, 0.2) is 11.6 Å². The van der Waals surface area contributed by atoms with Crippen molar-refractivity contribution < 1.29 is 29.3 Å². The van der Waals surface area contributed by atoms with Gasteiger partial charge in [0.2, 0.25) is 0 Å². The Morgan fingerprint density at radius 3 is 1.43 bits per heavy atom. The quantitative estimate of drug-likeness (QED) is 0.0315. The minimum absolute atomic E-state index is 0.0410. The first-order chi connectivity index (χ1) is 22.9. The van der Waals surface area contributed by atoms with E-state index in [1.807, 2.05) is 12.2 Å². The number of esters is 1. The standard InChI is InChI=1S/C41H70O6/c1-4-6-8-10-12-14-16-18-19-20-21-23-24-26-28-30-32-34-38(44)41(37(3)43,39(45)36-42)47-40(46)35-33-31-29-27-25-22-17-15-13-11-9-7-5-2/h12,14,18-19,21,23,26,28,39,42,45H,4-11,13,15-17,20,22,24-25,27,29-36H2,1-3H3/b14-12-,19-18-,23-21-,28-26-/t39?,41-/m0/s1. The van der Waals surface area contributed by atoms with Crippen molar-refractivity contribution in [1.29, 1.82) is 0 Å². The summed E-state index contributed by atoms with van der Waals surface area (Å²) in [6, 6.07) is 0. The molecule has 0 amide bonds. The number of ketones is 2. The lowest BCUT2D eigenvalue weighted by Crippen LogP contribution is -2.59. The smallest absolute Gasteiger partial charge is 0.307 e. The molecule has 1 unspecified atom stereocenters. The van der Waals surface area contributed by atoms with Crippen LogP contribution < -0.4 is 0 Å². The summed E-state index contributed by atoms with van der Waals surface area (Å²) in [5, 5.41) is 20.1. The third kappa shape index (κ3) is 23.6. The molecule has 0 aliphatic heterocycles. The van der Waals surface area contributed by atoms with E-state index in [-0.39, 0.29) is 12.8 Å². The maximum atomic E-state index is 13.2. The zero-order valence-electron chi connectivity index (χ0n) is 30.4. The number of hydrogen-bond donors (Lipinski definition) is 2. The number of ether oxygens (including phenoxy) is 1. The number of unbranched alkanes of at least 4 members (excludes halogenated alkanes) is 16. The average molecular weight is 659 g/mol. The van der Waals surface area contributed by atoms with E-state index in [0.29, 0.717) is 19.3 Å². The van der Waals surface area contributed by atoms with Gasteiger partial charge in [-0.3, -0.25) is 14.4 Å². The summed E-state index contributed by atoms with van der Waals surface area (Å²) in [6.07, 6.45) is 39.3. The van der Waals surface area contributed by atoms with Gasteiger partial charge in [-0.2, -0.15) is 0 Å². The molecule has 0 aliphatic carbocycles. The highest BCUT2D eigenvalue weighted by molar-refractivity contribution is 6.11. The highest BCUT2D eigenvalue weighted by atomic mass is 16.6. The van der Waals surface area contributed by atoms with E-state index in [4.69, 9.17) is 4.74 Å². The molecule has 47 heavy (non-hydrogen) atoms. The molecule has 0 heterocycles. The van der Waals surface area contributed by atoms with Crippen LogP contribution in [0.5, 0.6) is 0 Å². The van der Waals surface area contributed by atoms with Crippen molar-refractivity contribution in [2.45, 2.75) is 187 Å². The monoisotopic (exact) mass is 659 g/mol. The van der Waals surface area contributed by atoms with Crippen molar-refractivity contribution in [3.05, 3.63) is 48.6 Å². The molecule has 2 atom stereocenters. The Morgan fingerprint density at radius 1 is 0.574 bits per heavy atom. The lowest BCUT2D eigenvalue weighted by Gasteiger charge is -2.33. The number of Topliss-reactive ketones (excluding diaryl/α,β-unsaturated/α-hetero) is 2. The summed E-state index contributed by atoms with van der Waals surface area (Å²) in [5.41, 5.74) is -2.35. The molecule has 0 aliphatic rings. The SMILES string of the molecule is CCCCC/C=C\C/C=C\C/C=C\C/C=C\CCCC(=O)[C@@](OC(=O)CCCCCCCCCCCCCCC)(C(C)=O)C(O)CO. The first-order valence-corrected chi connectivity index (χ1v) is 19.0. The topological polar surface area (TPSA) is 101 Å². The number of carbonyl (C=O) groups is 3. The molecule has 0 aromatic heterocycles. The van der Waals surface area contributed by atoms with E-state index in [1.165, 1.54) is 77.0 Å². The lowest BCUT2D eigenvalue weighted by molar-refractivity contribution is -0.187. The molecule has 270 valence electrons. The van der Waals surface area contributed by atoms with Gasteiger partial charge in [-0.1, -0.05) is 152 Å². The molecule has 0 saturated heterocycles. The zero-order chi connectivity index (χ0) is 34.9. The van der Waals surface area contributed by atoms with Gasteiger partial charge in [0.25, 0.3) is 5.60 Å².